The van der Waals surface area contributed by atoms with Gasteiger partial charge in [0.25, 0.3) is 0 Å². The number of thioether (sulfide) groups is 2. The van der Waals surface area contributed by atoms with E-state index in [0.29, 0.717) is 13.2 Å². The molecule has 1 unspecified atom stereocenters. The first-order valence-electron chi connectivity index (χ1n) is 17.2. The Labute approximate surface area is 310 Å². The summed E-state index contributed by atoms with van der Waals surface area (Å²) in [5.74, 6) is 1.63. The van der Waals surface area contributed by atoms with Gasteiger partial charge >= 0.3 is 0 Å². The molecule has 12 nitrogen and oxygen atoms in total. The fraction of sp³-hybridized carbons (Fsp3) is 0.595. The van der Waals surface area contributed by atoms with E-state index in [-0.39, 0.29) is 53.1 Å². The number of amidine groups is 2. The highest BCUT2D eigenvalue weighted by Gasteiger charge is 2.50. The van der Waals surface area contributed by atoms with E-state index in [2.05, 4.69) is 6.92 Å². The third-order valence-electron chi connectivity index (χ3n) is 9.43. The van der Waals surface area contributed by atoms with Gasteiger partial charge in [-0.25, -0.2) is 0 Å². The fourth-order valence-corrected chi connectivity index (χ4v) is 8.77. The van der Waals surface area contributed by atoms with Crippen LogP contribution in [-0.2, 0) is 37.0 Å². The maximum Gasteiger partial charge on any atom is 0.161 e. The van der Waals surface area contributed by atoms with Crippen LogP contribution in [0.5, 0.6) is 11.5 Å². The highest BCUT2D eigenvalue weighted by Crippen LogP contribution is 2.42. The minimum absolute atomic E-state index is 0.0420. The van der Waals surface area contributed by atoms with Gasteiger partial charge in [-0.15, -0.1) is 0 Å². The smallest absolute Gasteiger partial charge is 0.161 e. The number of methoxy groups -OCH3 is 2. The van der Waals surface area contributed by atoms with E-state index >= 15 is 0 Å². The van der Waals surface area contributed by atoms with Crippen LogP contribution in [0, 0.1) is 11.8 Å². The molecular formula is C37H52N4O8S2. The molecule has 1 N–H and O–H groups in total. The third kappa shape index (κ3) is 9.39. The topological polar surface area (TPSA) is 124 Å². The Hall–Kier alpha value is -2.85. The van der Waals surface area contributed by atoms with E-state index in [4.69, 9.17) is 38.4 Å². The van der Waals surface area contributed by atoms with Crippen molar-refractivity contribution in [1.82, 2.24) is 9.80 Å². The SMILES string of the molecule is COc1ccc(CO[C@H]2[C@H](C)[C@@H](C(C)O)O[C@@H]3SC(N(C)C)=N[C@H]23)cc1.COc1ccc(CO[C@H]2[C@H](C)[C@@H](C=O)O[C@@H]3SC(N(C)C)=N[C@H]23)cc1. The van der Waals surface area contributed by atoms with Crippen LogP contribution in [0.15, 0.2) is 58.5 Å². The number of aliphatic hydroxyl groups is 1. The van der Waals surface area contributed by atoms with Crippen molar-refractivity contribution in [3.63, 3.8) is 0 Å². The summed E-state index contributed by atoms with van der Waals surface area (Å²) >= 11 is 3.15. The Morgan fingerprint density at radius 2 is 1.20 bits per heavy atom. The summed E-state index contributed by atoms with van der Waals surface area (Å²) in [6.07, 6.45) is -0.685. The van der Waals surface area contributed by atoms with Gasteiger partial charge in [-0.1, -0.05) is 61.6 Å². The summed E-state index contributed by atoms with van der Waals surface area (Å²) in [4.78, 5) is 25.0. The number of ether oxygens (including phenoxy) is 6. The zero-order valence-corrected chi connectivity index (χ0v) is 32.5. The number of aliphatic hydroxyl groups excluding tert-OH is 1. The van der Waals surface area contributed by atoms with E-state index in [9.17, 15) is 9.90 Å². The molecule has 0 spiro atoms. The Morgan fingerprint density at radius 1 is 0.765 bits per heavy atom. The summed E-state index contributed by atoms with van der Waals surface area (Å²) in [5.41, 5.74) is 1.84. The maximum absolute atomic E-state index is 11.4. The second-order valence-corrected chi connectivity index (χ2v) is 15.7. The van der Waals surface area contributed by atoms with Crippen LogP contribution in [0.1, 0.15) is 31.9 Å². The van der Waals surface area contributed by atoms with Crippen LogP contribution < -0.4 is 9.47 Å². The van der Waals surface area contributed by atoms with Gasteiger partial charge in [0.2, 0.25) is 0 Å². The molecule has 2 aromatic rings. The summed E-state index contributed by atoms with van der Waals surface area (Å²) < 4.78 is 35.0. The zero-order chi connectivity index (χ0) is 36.8. The quantitative estimate of drug-likeness (QED) is 0.344. The van der Waals surface area contributed by atoms with Crippen molar-refractivity contribution in [1.29, 1.82) is 0 Å². The minimum Gasteiger partial charge on any atom is -0.497 e. The lowest BCUT2D eigenvalue weighted by Crippen LogP contribution is -2.54. The number of carbonyl (C=O) groups excluding carboxylic acids is 1. The highest BCUT2D eigenvalue weighted by atomic mass is 32.2. The van der Waals surface area contributed by atoms with Crippen molar-refractivity contribution in [2.24, 2.45) is 21.8 Å². The monoisotopic (exact) mass is 744 g/mol. The van der Waals surface area contributed by atoms with Gasteiger partial charge in [0.1, 0.15) is 46.8 Å². The predicted octanol–water partition coefficient (Wildman–Crippen LogP) is 4.53. The number of carbonyl (C=O) groups is 1. The van der Waals surface area contributed by atoms with Crippen molar-refractivity contribution in [2.75, 3.05) is 42.4 Å². The lowest BCUT2D eigenvalue weighted by atomic mass is 9.87. The third-order valence-corrected chi connectivity index (χ3v) is 12.0. The normalized spacial score (nSPS) is 31.6. The lowest BCUT2D eigenvalue weighted by molar-refractivity contribution is -0.165. The standard InChI is InChI=1S/C19H28N2O4S.C18H24N2O4S/c1-11-16(12(2)22)25-18-15(20-19(26-18)21(3)4)17(11)24-10-13-6-8-14(23-5)9-7-13;1-11-14(9-21)24-17-15(19-18(25-17)20(2)3)16(11)23-10-12-5-7-13(22-4)8-6-12/h6-9,11-12,15-18,22H,10H2,1-5H3;5-9,11,14-17H,10H2,1-4H3/t11-,12?,15-,16+,17+,18-;11-,14-,15-,16+,17-/m11/s1. The van der Waals surface area contributed by atoms with Gasteiger partial charge in [-0.3, -0.25) is 9.98 Å². The zero-order valence-electron chi connectivity index (χ0n) is 30.9. The molecule has 2 aromatic carbocycles. The summed E-state index contributed by atoms with van der Waals surface area (Å²) in [5, 5.41) is 12.0. The molecule has 2 fully saturated rings. The fourth-order valence-electron chi connectivity index (χ4n) is 6.49. The second-order valence-electron chi connectivity index (χ2n) is 13.6. The van der Waals surface area contributed by atoms with Crippen LogP contribution in [0.3, 0.4) is 0 Å². The van der Waals surface area contributed by atoms with E-state index in [0.717, 1.165) is 39.2 Å². The van der Waals surface area contributed by atoms with Crippen molar-refractivity contribution in [3.05, 3.63) is 59.7 Å². The summed E-state index contributed by atoms with van der Waals surface area (Å²) in [6.45, 7) is 6.79. The predicted molar refractivity (Wildman–Crippen MR) is 202 cm³/mol. The molecule has 6 rings (SSSR count). The van der Waals surface area contributed by atoms with Crippen molar-refractivity contribution in [2.45, 2.75) is 87.5 Å². The average Bonchev–Trinajstić information content (AvgIpc) is 3.76. The van der Waals surface area contributed by atoms with Crippen LogP contribution in [-0.4, -0.2) is 127 Å². The highest BCUT2D eigenvalue weighted by molar-refractivity contribution is 8.14. The first-order valence-corrected chi connectivity index (χ1v) is 19.0. The summed E-state index contributed by atoms with van der Waals surface area (Å²) in [6, 6.07) is 15.5. The molecule has 0 bridgehead atoms. The molecule has 0 radical (unpaired) electrons. The molecular weight excluding hydrogens is 693 g/mol. The molecule has 0 aliphatic carbocycles. The second kappa shape index (κ2) is 17.8. The molecule has 11 atom stereocenters. The van der Waals surface area contributed by atoms with Crippen molar-refractivity contribution < 1.29 is 38.3 Å². The van der Waals surface area contributed by atoms with Crippen LogP contribution >= 0.6 is 23.5 Å². The molecule has 4 heterocycles. The molecule has 0 amide bonds. The van der Waals surface area contributed by atoms with E-state index in [1.54, 1.807) is 44.7 Å². The van der Waals surface area contributed by atoms with Gasteiger partial charge in [0.05, 0.1) is 51.8 Å². The van der Waals surface area contributed by atoms with Gasteiger partial charge < -0.3 is 48.1 Å². The first-order chi connectivity index (χ1) is 24.4. The lowest BCUT2D eigenvalue weighted by Gasteiger charge is -2.42. The largest absolute Gasteiger partial charge is 0.497 e. The van der Waals surface area contributed by atoms with Crippen LogP contribution in [0.25, 0.3) is 0 Å². The van der Waals surface area contributed by atoms with E-state index in [1.807, 2.05) is 93.4 Å². The Bertz CT molecular complexity index is 1490. The molecule has 51 heavy (non-hydrogen) atoms. The number of hydrogen-bond donors (Lipinski definition) is 1. The Morgan fingerprint density at radius 3 is 1.59 bits per heavy atom. The van der Waals surface area contributed by atoms with Crippen LogP contribution in [0.2, 0.25) is 0 Å². The van der Waals surface area contributed by atoms with Crippen molar-refractivity contribution >= 4 is 40.1 Å². The molecule has 0 saturated carbocycles. The van der Waals surface area contributed by atoms with Crippen LogP contribution in [0.4, 0.5) is 0 Å². The van der Waals surface area contributed by atoms with Gasteiger partial charge in [0, 0.05) is 40.0 Å². The van der Waals surface area contributed by atoms with E-state index < -0.39 is 12.2 Å². The van der Waals surface area contributed by atoms with Crippen molar-refractivity contribution in [3.8, 4) is 11.5 Å². The number of rotatable bonds is 10. The number of aldehydes is 1. The molecule has 4 aliphatic heterocycles. The first kappa shape index (κ1) is 39.4. The Kier molecular flexibility index (Phi) is 13.7. The van der Waals surface area contributed by atoms with E-state index in [1.165, 1.54) is 0 Å². The number of hydrogen-bond acceptors (Lipinski definition) is 14. The maximum atomic E-state index is 11.4. The minimum atomic E-state index is -0.554. The van der Waals surface area contributed by atoms with Gasteiger partial charge in [-0.2, -0.15) is 0 Å². The number of nitrogens with zero attached hydrogens (tertiary/aromatic N) is 4. The van der Waals surface area contributed by atoms with Gasteiger partial charge in [-0.05, 0) is 42.3 Å². The average molecular weight is 745 g/mol. The molecule has 4 aliphatic rings. The molecule has 14 heteroatoms. The number of fused-ring (bicyclic) bond motifs is 2. The van der Waals surface area contributed by atoms with Gasteiger partial charge in [0.15, 0.2) is 10.3 Å². The summed E-state index contributed by atoms with van der Waals surface area (Å²) in [7, 11) is 11.2. The number of aliphatic imine (C=N–C) groups is 2. The molecule has 280 valence electrons. The molecule has 0 aromatic heterocycles. The number of benzene rings is 2. The molecule has 2 saturated heterocycles. The Balaban J connectivity index is 0.000000198.